The molecule has 4 nitrogen and oxygen atoms in total. The van der Waals surface area contributed by atoms with Crippen LogP contribution in [0.5, 0.6) is 5.75 Å². The van der Waals surface area contributed by atoms with Gasteiger partial charge in [-0.2, -0.15) is 0 Å². The summed E-state index contributed by atoms with van der Waals surface area (Å²) in [7, 11) is 1.57. The van der Waals surface area contributed by atoms with Gasteiger partial charge in [-0.05, 0) is 31.0 Å². The monoisotopic (exact) mass is 398 g/mol. The number of Topliss-reactive ketones (excluding diaryl/α,β-unsaturated/α-hetero) is 1. The van der Waals surface area contributed by atoms with Crippen molar-refractivity contribution in [3.63, 3.8) is 0 Å². The maximum Gasteiger partial charge on any atom is 0.164 e. The third-order valence-corrected chi connectivity index (χ3v) is 4.84. The molecule has 0 unspecified atom stereocenters. The van der Waals surface area contributed by atoms with E-state index in [1.165, 1.54) is 12.5 Å². The molecule has 2 aromatic heterocycles. The van der Waals surface area contributed by atoms with Gasteiger partial charge in [0.05, 0.1) is 18.2 Å². The quantitative estimate of drug-likeness (QED) is 0.368. The van der Waals surface area contributed by atoms with Gasteiger partial charge in [0.2, 0.25) is 0 Å². The molecule has 0 atom stereocenters. The topological polar surface area (TPSA) is 52.1 Å². The fourth-order valence-electron chi connectivity index (χ4n) is 3.40. The first kappa shape index (κ1) is 21.2. The predicted molar refractivity (Wildman–Crippen MR) is 123 cm³/mol. The van der Waals surface area contributed by atoms with E-state index in [2.05, 4.69) is 48.3 Å². The summed E-state index contributed by atoms with van der Waals surface area (Å²) in [6.45, 7) is 7.61. The third-order valence-electron chi connectivity index (χ3n) is 4.84. The molecule has 2 heterocycles. The molecule has 2 aromatic carbocycles. The zero-order chi connectivity index (χ0) is 21.7. The number of ketones is 1. The van der Waals surface area contributed by atoms with Crippen LogP contribution in [-0.2, 0) is 0 Å². The minimum atomic E-state index is -0.0743. The van der Waals surface area contributed by atoms with Crippen molar-refractivity contribution in [2.75, 3.05) is 7.11 Å². The summed E-state index contributed by atoms with van der Waals surface area (Å²) in [6, 6.07) is 18.4. The number of carbonyl (C=O) groups excluding carboxylic acids is 1. The van der Waals surface area contributed by atoms with Crippen LogP contribution < -0.4 is 4.74 Å². The zero-order valence-corrected chi connectivity index (χ0v) is 18.1. The van der Waals surface area contributed by atoms with Crippen molar-refractivity contribution < 1.29 is 9.53 Å². The Morgan fingerprint density at radius 3 is 2.00 bits per heavy atom. The second kappa shape index (κ2) is 9.31. The highest BCUT2D eigenvalue weighted by atomic mass is 16.5. The molecule has 0 spiro atoms. The second-order valence-corrected chi connectivity index (χ2v) is 6.76. The van der Waals surface area contributed by atoms with E-state index in [9.17, 15) is 4.79 Å². The number of rotatable bonds is 4. The smallest absolute Gasteiger partial charge is 0.164 e. The van der Waals surface area contributed by atoms with Crippen molar-refractivity contribution in [3.05, 3.63) is 78.1 Å². The van der Waals surface area contributed by atoms with Gasteiger partial charge in [-0.25, -0.2) is 4.98 Å². The lowest BCUT2D eigenvalue weighted by Crippen LogP contribution is -2.03. The summed E-state index contributed by atoms with van der Waals surface area (Å²) in [4.78, 5) is 21.2. The van der Waals surface area contributed by atoms with Gasteiger partial charge in [0.25, 0.3) is 0 Å². The number of hydrogen-bond donors (Lipinski definition) is 0. The number of pyridine rings is 2. The van der Waals surface area contributed by atoms with Crippen LogP contribution in [-0.4, -0.2) is 22.9 Å². The Bertz CT molecular complexity index is 1160. The Morgan fingerprint density at radius 1 is 0.867 bits per heavy atom. The Morgan fingerprint density at radius 2 is 1.43 bits per heavy atom. The van der Waals surface area contributed by atoms with E-state index >= 15 is 0 Å². The minimum Gasteiger partial charge on any atom is -0.494 e. The van der Waals surface area contributed by atoms with Crippen LogP contribution in [0.3, 0.4) is 0 Å². The van der Waals surface area contributed by atoms with Gasteiger partial charge >= 0.3 is 0 Å². The number of aryl methyl sites for hydroxylation is 1. The van der Waals surface area contributed by atoms with E-state index in [0.717, 1.165) is 22.2 Å². The van der Waals surface area contributed by atoms with E-state index in [1.54, 1.807) is 19.5 Å². The molecule has 4 heteroatoms. The van der Waals surface area contributed by atoms with Crippen LogP contribution in [0.1, 0.15) is 36.7 Å². The van der Waals surface area contributed by atoms with Crippen molar-refractivity contribution in [3.8, 4) is 28.1 Å². The summed E-state index contributed by atoms with van der Waals surface area (Å²) in [6.07, 6.45) is 3.34. The van der Waals surface area contributed by atoms with Crippen LogP contribution in [0.2, 0.25) is 0 Å². The number of ether oxygens (including phenoxy) is 1. The number of nitrogens with zero attached hydrogens (tertiary/aromatic N) is 2. The van der Waals surface area contributed by atoms with E-state index in [0.29, 0.717) is 22.4 Å². The van der Waals surface area contributed by atoms with Crippen molar-refractivity contribution in [1.82, 2.24) is 9.97 Å². The first-order valence-corrected chi connectivity index (χ1v) is 10.1. The molecule has 0 saturated heterocycles. The number of carbonyl (C=O) groups is 1. The molecule has 30 heavy (non-hydrogen) atoms. The van der Waals surface area contributed by atoms with Gasteiger partial charge in [-0.15, -0.1) is 0 Å². The fourth-order valence-corrected chi connectivity index (χ4v) is 3.40. The van der Waals surface area contributed by atoms with Crippen LogP contribution in [0, 0.1) is 6.92 Å². The Hall–Kier alpha value is -3.53. The molecule has 0 aliphatic rings. The van der Waals surface area contributed by atoms with Gasteiger partial charge in [-0.1, -0.05) is 67.9 Å². The van der Waals surface area contributed by atoms with E-state index in [4.69, 9.17) is 9.72 Å². The van der Waals surface area contributed by atoms with Crippen molar-refractivity contribution in [2.45, 2.75) is 27.7 Å². The van der Waals surface area contributed by atoms with Gasteiger partial charge in [-0.3, -0.25) is 9.78 Å². The Kier molecular flexibility index (Phi) is 6.58. The minimum absolute atomic E-state index is 0.0743. The van der Waals surface area contributed by atoms with Crippen molar-refractivity contribution in [2.24, 2.45) is 0 Å². The number of methoxy groups -OCH3 is 1. The molecule has 0 fully saturated rings. The van der Waals surface area contributed by atoms with Gasteiger partial charge in [0.1, 0.15) is 5.69 Å². The van der Waals surface area contributed by atoms with Crippen LogP contribution in [0.25, 0.3) is 33.3 Å². The van der Waals surface area contributed by atoms with Crippen LogP contribution in [0.4, 0.5) is 0 Å². The summed E-state index contributed by atoms with van der Waals surface area (Å²) >= 11 is 0. The molecular weight excluding hydrogens is 372 g/mol. The highest BCUT2D eigenvalue weighted by molar-refractivity contribution is 6.10. The molecular formula is C26H26N2O2. The Labute approximate surface area is 177 Å². The molecule has 152 valence electrons. The SMILES string of the molecule is CC.COc1c(-c2ccc(-c3ccc(C)cc3)cc2)nc2ccncc2c1C(C)=O. The van der Waals surface area contributed by atoms with E-state index < -0.39 is 0 Å². The average Bonchev–Trinajstić information content (AvgIpc) is 2.79. The van der Waals surface area contributed by atoms with Gasteiger partial charge < -0.3 is 4.74 Å². The number of aromatic nitrogens is 2. The van der Waals surface area contributed by atoms with Crippen molar-refractivity contribution >= 4 is 16.7 Å². The lowest BCUT2D eigenvalue weighted by molar-refractivity contribution is 0.101. The second-order valence-electron chi connectivity index (χ2n) is 6.76. The summed E-state index contributed by atoms with van der Waals surface area (Å²) in [5.41, 5.74) is 6.30. The first-order valence-electron chi connectivity index (χ1n) is 10.1. The van der Waals surface area contributed by atoms with Crippen LogP contribution in [0.15, 0.2) is 67.0 Å². The number of hydrogen-bond acceptors (Lipinski definition) is 4. The first-order chi connectivity index (χ1) is 14.6. The molecule has 0 amide bonds. The summed E-state index contributed by atoms with van der Waals surface area (Å²) in [5.74, 6) is 0.408. The number of fused-ring (bicyclic) bond motifs is 1. The van der Waals surface area contributed by atoms with Crippen molar-refractivity contribution in [1.29, 1.82) is 0 Å². The normalized spacial score (nSPS) is 10.3. The molecule has 0 bridgehead atoms. The maximum atomic E-state index is 12.4. The molecule has 4 rings (SSSR count). The van der Waals surface area contributed by atoms with Crippen LogP contribution >= 0.6 is 0 Å². The Balaban J connectivity index is 0.00000124. The standard InChI is InChI=1S/C24H20N2O2.C2H6/c1-15-4-6-17(7-5-15)18-8-10-19(11-9-18)23-24(28-3)22(16(2)27)20-14-25-13-12-21(20)26-23;1-2/h4-14H,1-3H3;1-2H3. The number of benzene rings is 2. The zero-order valence-electron chi connectivity index (χ0n) is 18.1. The molecule has 0 radical (unpaired) electrons. The summed E-state index contributed by atoms with van der Waals surface area (Å²) in [5, 5.41) is 0.701. The molecule has 0 aliphatic heterocycles. The molecule has 4 aromatic rings. The largest absolute Gasteiger partial charge is 0.494 e. The fraction of sp³-hybridized carbons (Fsp3) is 0.192. The molecule has 0 saturated carbocycles. The predicted octanol–water partition coefficient (Wildman–Crippen LogP) is 6.51. The highest BCUT2D eigenvalue weighted by Crippen LogP contribution is 2.36. The maximum absolute atomic E-state index is 12.4. The summed E-state index contributed by atoms with van der Waals surface area (Å²) < 4.78 is 5.62. The molecule has 0 aliphatic carbocycles. The average molecular weight is 399 g/mol. The lowest BCUT2D eigenvalue weighted by atomic mass is 9.98. The van der Waals surface area contributed by atoms with Gasteiger partial charge in [0, 0.05) is 23.3 Å². The molecule has 0 N–H and O–H groups in total. The van der Waals surface area contributed by atoms with Gasteiger partial charge in [0.15, 0.2) is 11.5 Å². The van der Waals surface area contributed by atoms with E-state index in [-0.39, 0.29) is 5.78 Å². The van der Waals surface area contributed by atoms with E-state index in [1.807, 2.05) is 32.0 Å². The third kappa shape index (κ3) is 4.08. The highest BCUT2D eigenvalue weighted by Gasteiger charge is 2.20. The lowest BCUT2D eigenvalue weighted by Gasteiger charge is -2.14.